The van der Waals surface area contributed by atoms with Crippen molar-refractivity contribution in [2.45, 2.75) is 19.3 Å². The lowest BCUT2D eigenvalue weighted by Gasteiger charge is -2.32. The van der Waals surface area contributed by atoms with Crippen molar-refractivity contribution >= 4 is 34.1 Å². The van der Waals surface area contributed by atoms with Gasteiger partial charge in [0.15, 0.2) is 0 Å². The van der Waals surface area contributed by atoms with Crippen LogP contribution in [0.2, 0.25) is 0 Å². The molecular weight excluding hydrogens is 450 g/mol. The van der Waals surface area contributed by atoms with Crippen LogP contribution in [-0.4, -0.2) is 28.4 Å². The quantitative estimate of drug-likeness (QED) is 0.241. The van der Waals surface area contributed by atoms with Gasteiger partial charge in [-0.15, -0.1) is 0 Å². The molecule has 2 N–H and O–H groups in total. The van der Waals surface area contributed by atoms with Gasteiger partial charge in [-0.05, 0) is 88.6 Å². The fraction of sp³-hybridized carbons (Fsp3) is 0.167. The summed E-state index contributed by atoms with van der Waals surface area (Å²) in [7, 11) is 1.60. The van der Waals surface area contributed by atoms with Crippen molar-refractivity contribution in [3.63, 3.8) is 0 Å². The van der Waals surface area contributed by atoms with Gasteiger partial charge in [0.1, 0.15) is 5.75 Å². The van der Waals surface area contributed by atoms with Gasteiger partial charge in [-0.1, -0.05) is 36.8 Å². The zero-order valence-corrected chi connectivity index (χ0v) is 19.9. The fourth-order valence-electron chi connectivity index (χ4n) is 4.74. The van der Waals surface area contributed by atoms with E-state index in [1.165, 1.54) is 0 Å². The molecule has 1 saturated carbocycles. The Hall–Kier alpha value is -4.63. The predicted molar refractivity (Wildman–Crippen MR) is 140 cm³/mol. The van der Waals surface area contributed by atoms with Gasteiger partial charge in [-0.3, -0.25) is 5.10 Å². The molecule has 3 aromatic carbocycles. The first-order valence-corrected chi connectivity index (χ1v) is 11.8. The second-order valence-corrected chi connectivity index (χ2v) is 8.91. The van der Waals surface area contributed by atoms with Crippen LogP contribution in [0.4, 0.5) is 0 Å². The van der Waals surface area contributed by atoms with E-state index in [-0.39, 0.29) is 0 Å². The summed E-state index contributed by atoms with van der Waals surface area (Å²) >= 11 is 0. The smallest absolute Gasteiger partial charge is 0.328 e. The van der Waals surface area contributed by atoms with Crippen LogP contribution in [-0.2, 0) is 4.79 Å². The number of rotatable bonds is 7. The predicted octanol–water partition coefficient (Wildman–Crippen LogP) is 6.30. The van der Waals surface area contributed by atoms with Gasteiger partial charge in [0.2, 0.25) is 0 Å². The van der Waals surface area contributed by atoms with E-state index in [0.717, 1.165) is 69.6 Å². The summed E-state index contributed by atoms with van der Waals surface area (Å²) in [6, 6.07) is 22.2. The fourth-order valence-corrected chi connectivity index (χ4v) is 4.74. The highest BCUT2D eigenvalue weighted by atomic mass is 16.5. The Kier molecular flexibility index (Phi) is 6.38. The number of nitriles is 1. The number of fused-ring (bicyclic) bond motifs is 1. The number of hydrogen-bond acceptors (Lipinski definition) is 4. The third kappa shape index (κ3) is 4.51. The average Bonchev–Trinajstić information content (AvgIpc) is 3.34. The van der Waals surface area contributed by atoms with Gasteiger partial charge in [0.05, 0.1) is 30.5 Å². The minimum atomic E-state index is -0.983. The molecule has 1 aliphatic carbocycles. The number of hydrogen-bond donors (Lipinski definition) is 2. The lowest BCUT2D eigenvalue weighted by atomic mass is 9.72. The van der Waals surface area contributed by atoms with Crippen LogP contribution in [0.3, 0.4) is 0 Å². The Morgan fingerprint density at radius 2 is 1.89 bits per heavy atom. The highest BCUT2D eigenvalue weighted by molar-refractivity contribution is 6.02. The van der Waals surface area contributed by atoms with Crippen molar-refractivity contribution in [1.82, 2.24) is 10.2 Å². The summed E-state index contributed by atoms with van der Waals surface area (Å²) in [5.41, 5.74) is 7.53. The minimum absolute atomic E-state index is 0.326. The molecule has 0 radical (unpaired) electrons. The lowest BCUT2D eigenvalue weighted by Crippen LogP contribution is -2.16. The van der Waals surface area contributed by atoms with Crippen LogP contribution in [0, 0.1) is 17.2 Å². The Balaban J connectivity index is 1.77. The molecule has 0 bridgehead atoms. The van der Waals surface area contributed by atoms with E-state index in [1.807, 2.05) is 48.7 Å². The number of nitrogens with one attached hydrogen (secondary N) is 1. The molecule has 1 aliphatic rings. The molecule has 6 heteroatoms. The molecular formula is C30H25N3O3. The molecule has 1 fully saturated rings. The van der Waals surface area contributed by atoms with Gasteiger partial charge in [-0.25, -0.2) is 4.79 Å². The van der Waals surface area contributed by atoms with Crippen molar-refractivity contribution in [3.8, 4) is 11.8 Å². The molecule has 0 aliphatic heterocycles. The number of ether oxygens (including phenoxy) is 1. The van der Waals surface area contributed by atoms with Crippen LogP contribution < -0.4 is 4.74 Å². The topological polar surface area (TPSA) is 99.0 Å². The third-order valence-electron chi connectivity index (χ3n) is 6.77. The number of aromatic amines is 1. The lowest BCUT2D eigenvalue weighted by molar-refractivity contribution is -0.131. The monoisotopic (exact) mass is 475 g/mol. The SMILES string of the molecule is COc1ccc(C(=C(c2ccc(C=CC(=O)O)cc2)c2ccc3[nH]ncc3c2)C2CCC2)c(C#N)c1. The summed E-state index contributed by atoms with van der Waals surface area (Å²) in [4.78, 5) is 10.9. The Labute approximate surface area is 209 Å². The van der Waals surface area contributed by atoms with E-state index in [9.17, 15) is 10.1 Å². The first kappa shape index (κ1) is 23.1. The Morgan fingerprint density at radius 1 is 1.11 bits per heavy atom. The minimum Gasteiger partial charge on any atom is -0.497 e. The number of aromatic nitrogens is 2. The second kappa shape index (κ2) is 9.93. The zero-order chi connectivity index (χ0) is 25.1. The van der Waals surface area contributed by atoms with E-state index in [1.54, 1.807) is 19.3 Å². The van der Waals surface area contributed by atoms with Gasteiger partial charge in [-0.2, -0.15) is 10.4 Å². The van der Waals surface area contributed by atoms with E-state index in [4.69, 9.17) is 9.84 Å². The normalized spacial score (nSPS) is 14.3. The average molecular weight is 476 g/mol. The molecule has 5 rings (SSSR count). The summed E-state index contributed by atoms with van der Waals surface area (Å²) in [6.07, 6.45) is 7.80. The van der Waals surface area contributed by atoms with E-state index in [0.29, 0.717) is 17.2 Å². The van der Waals surface area contributed by atoms with Crippen molar-refractivity contribution in [2.24, 2.45) is 5.92 Å². The largest absolute Gasteiger partial charge is 0.497 e. The summed E-state index contributed by atoms with van der Waals surface area (Å²) in [6.45, 7) is 0. The standard InChI is InChI=1S/C30H25N3O3/c1-36-25-11-12-26(23(16-25)17-31)30(20-3-2-4-20)29(22-10-13-27-24(15-22)18-32-33-27)21-8-5-19(6-9-21)7-14-28(34)35/h5-16,18,20H,2-4H2,1H3,(H,32,33)(H,34,35). The van der Waals surface area contributed by atoms with Gasteiger partial charge >= 0.3 is 5.97 Å². The van der Waals surface area contributed by atoms with Crippen LogP contribution in [0.1, 0.15) is 47.1 Å². The Bertz CT molecular complexity index is 1530. The number of methoxy groups -OCH3 is 1. The number of aliphatic carboxylic acids is 1. The highest BCUT2D eigenvalue weighted by Gasteiger charge is 2.29. The van der Waals surface area contributed by atoms with Crippen LogP contribution in [0.15, 0.2) is 72.9 Å². The third-order valence-corrected chi connectivity index (χ3v) is 6.77. The maximum absolute atomic E-state index is 10.9. The summed E-state index contributed by atoms with van der Waals surface area (Å²) < 4.78 is 5.39. The van der Waals surface area contributed by atoms with Crippen LogP contribution in [0.5, 0.6) is 5.75 Å². The van der Waals surface area contributed by atoms with Gasteiger partial charge < -0.3 is 9.84 Å². The first-order chi connectivity index (χ1) is 17.6. The Morgan fingerprint density at radius 3 is 2.56 bits per heavy atom. The van der Waals surface area contributed by atoms with Crippen molar-refractivity contribution in [3.05, 3.63) is 101 Å². The van der Waals surface area contributed by atoms with E-state index < -0.39 is 5.97 Å². The second-order valence-electron chi connectivity index (χ2n) is 8.91. The van der Waals surface area contributed by atoms with Crippen LogP contribution >= 0.6 is 0 Å². The first-order valence-electron chi connectivity index (χ1n) is 11.8. The number of allylic oxidation sites excluding steroid dienone is 1. The van der Waals surface area contributed by atoms with Gasteiger partial charge in [0.25, 0.3) is 0 Å². The number of carboxylic acids is 1. The summed E-state index contributed by atoms with van der Waals surface area (Å²) in [5.74, 6) is -0.00444. The molecule has 178 valence electrons. The molecule has 0 spiro atoms. The van der Waals surface area contributed by atoms with E-state index >= 15 is 0 Å². The molecule has 0 saturated heterocycles. The van der Waals surface area contributed by atoms with Crippen LogP contribution in [0.25, 0.3) is 28.1 Å². The summed E-state index contributed by atoms with van der Waals surface area (Å²) in [5, 5.41) is 27.2. The number of benzene rings is 3. The van der Waals surface area contributed by atoms with Crippen molar-refractivity contribution < 1.29 is 14.6 Å². The molecule has 4 aromatic rings. The maximum Gasteiger partial charge on any atom is 0.328 e. The molecule has 0 unspecified atom stereocenters. The van der Waals surface area contributed by atoms with E-state index in [2.05, 4.69) is 28.4 Å². The molecule has 1 heterocycles. The van der Waals surface area contributed by atoms with Crippen molar-refractivity contribution in [1.29, 1.82) is 5.26 Å². The number of carboxylic acid groups (broad SMARTS) is 1. The molecule has 0 atom stereocenters. The number of H-pyrrole nitrogens is 1. The molecule has 6 nitrogen and oxygen atoms in total. The molecule has 0 amide bonds. The molecule has 36 heavy (non-hydrogen) atoms. The highest BCUT2D eigenvalue weighted by Crippen LogP contribution is 2.46. The number of nitrogens with zero attached hydrogens (tertiary/aromatic N) is 2. The maximum atomic E-state index is 10.9. The van der Waals surface area contributed by atoms with Crippen molar-refractivity contribution in [2.75, 3.05) is 7.11 Å². The zero-order valence-electron chi connectivity index (χ0n) is 19.9. The number of carbonyl (C=O) groups is 1. The molecule has 1 aromatic heterocycles. The van der Waals surface area contributed by atoms with Gasteiger partial charge in [0, 0.05) is 11.5 Å².